The average molecular weight is 861 g/mol. The second-order valence-corrected chi connectivity index (χ2v) is 19.6. The molecule has 0 N–H and O–H groups in total. The smallest absolute Gasteiger partial charge is 0.127 e. The molecule has 0 radical (unpaired) electrons. The van der Waals surface area contributed by atoms with Gasteiger partial charge in [-0.25, -0.2) is 0 Å². The third-order valence-electron chi connectivity index (χ3n) is 14.5. The highest BCUT2D eigenvalue weighted by Gasteiger charge is 2.32. The van der Waals surface area contributed by atoms with Gasteiger partial charge in [0.2, 0.25) is 0 Å². The molecule has 0 atom stereocenters. The van der Waals surface area contributed by atoms with E-state index in [0.717, 1.165) is 31.6 Å². The summed E-state index contributed by atoms with van der Waals surface area (Å²) in [6, 6.07) is 42.6. The Bertz CT molecular complexity index is 2670. The normalized spacial score (nSPS) is 11.8. The summed E-state index contributed by atoms with van der Waals surface area (Å²) in [5, 5.41) is 5.26. The summed E-state index contributed by atoms with van der Waals surface area (Å²) < 4.78 is 6.66. The van der Waals surface area contributed by atoms with Crippen LogP contribution in [0, 0.1) is 20.8 Å². The van der Waals surface area contributed by atoms with E-state index in [0.29, 0.717) is 0 Å². The van der Waals surface area contributed by atoms with E-state index in [4.69, 9.17) is 4.74 Å². The highest BCUT2D eigenvalue weighted by atomic mass is 16.5. The molecule has 0 amide bonds. The van der Waals surface area contributed by atoms with Gasteiger partial charge in [-0.15, -0.1) is 0 Å². The van der Waals surface area contributed by atoms with Crippen molar-refractivity contribution < 1.29 is 4.74 Å². The largest absolute Gasteiger partial charge is 0.493 e. The van der Waals surface area contributed by atoms with E-state index in [2.05, 4.69) is 151 Å². The zero-order valence-electron chi connectivity index (χ0n) is 40.9. The van der Waals surface area contributed by atoms with Crippen LogP contribution in [0.15, 0.2) is 109 Å². The highest BCUT2D eigenvalue weighted by Crippen LogP contribution is 2.57. The topological polar surface area (TPSA) is 9.23 Å². The predicted molar refractivity (Wildman–Crippen MR) is 285 cm³/mol. The fourth-order valence-corrected chi connectivity index (χ4v) is 11.0. The molecule has 0 aliphatic heterocycles. The number of ether oxygens (including phenoxy) is 1. The van der Waals surface area contributed by atoms with Crippen LogP contribution >= 0.6 is 0 Å². The Morgan fingerprint density at radius 2 is 0.877 bits per heavy atom. The summed E-state index contributed by atoms with van der Waals surface area (Å²) in [6.07, 6.45) is 24.0. The lowest BCUT2D eigenvalue weighted by Gasteiger charge is -2.26. The van der Waals surface area contributed by atoms with Crippen molar-refractivity contribution in [2.45, 2.75) is 164 Å². The molecule has 0 saturated carbocycles. The second kappa shape index (κ2) is 22.4. The fourth-order valence-electron chi connectivity index (χ4n) is 11.0. The van der Waals surface area contributed by atoms with Gasteiger partial charge in [-0.2, -0.15) is 0 Å². The summed E-state index contributed by atoms with van der Waals surface area (Å²) in [5.74, 6) is 1.01. The van der Waals surface area contributed by atoms with Crippen LogP contribution in [0.3, 0.4) is 0 Å². The molecule has 8 rings (SSSR count). The summed E-state index contributed by atoms with van der Waals surface area (Å²) in [7, 11) is 0. The molecule has 1 aliphatic carbocycles. The molecule has 65 heavy (non-hydrogen) atoms. The van der Waals surface area contributed by atoms with Gasteiger partial charge in [0.05, 0.1) is 6.61 Å². The molecule has 1 nitrogen and oxygen atoms in total. The van der Waals surface area contributed by atoms with Crippen molar-refractivity contribution in [1.29, 1.82) is 0 Å². The molecule has 0 bridgehead atoms. The molecule has 7 aromatic rings. The molecule has 0 fully saturated rings. The van der Waals surface area contributed by atoms with Crippen LogP contribution < -0.4 is 4.74 Å². The number of unbranched alkanes of at least 4 members (excludes halogenated alkanes) is 14. The van der Waals surface area contributed by atoms with Crippen LogP contribution in [0.5, 0.6) is 5.75 Å². The van der Waals surface area contributed by atoms with Crippen molar-refractivity contribution in [3.63, 3.8) is 0 Å². The van der Waals surface area contributed by atoms with Gasteiger partial charge in [-0.1, -0.05) is 213 Å². The number of hydrogen-bond donors (Lipinski definition) is 0. The quantitative estimate of drug-likeness (QED) is 0.0550. The van der Waals surface area contributed by atoms with Crippen molar-refractivity contribution >= 4 is 21.5 Å². The van der Waals surface area contributed by atoms with Gasteiger partial charge >= 0.3 is 0 Å². The maximum Gasteiger partial charge on any atom is 0.127 e. The van der Waals surface area contributed by atoms with Gasteiger partial charge < -0.3 is 4.74 Å². The first-order valence-corrected chi connectivity index (χ1v) is 26.0. The molecule has 7 aromatic carbocycles. The van der Waals surface area contributed by atoms with Crippen molar-refractivity contribution in [1.82, 2.24) is 0 Å². The van der Waals surface area contributed by atoms with E-state index in [-0.39, 0.29) is 0 Å². The van der Waals surface area contributed by atoms with Gasteiger partial charge in [0, 0.05) is 5.39 Å². The molecule has 0 spiro atoms. The van der Waals surface area contributed by atoms with E-state index in [9.17, 15) is 0 Å². The molecule has 1 heteroatoms. The van der Waals surface area contributed by atoms with Crippen molar-refractivity contribution in [3.05, 3.63) is 137 Å². The van der Waals surface area contributed by atoms with Crippen LogP contribution in [-0.2, 0) is 12.8 Å². The number of rotatable bonds is 24. The first-order valence-electron chi connectivity index (χ1n) is 26.0. The van der Waals surface area contributed by atoms with Gasteiger partial charge in [0.15, 0.2) is 0 Å². The average Bonchev–Trinajstić information content (AvgIpc) is 3.65. The number of benzene rings is 7. The van der Waals surface area contributed by atoms with Crippen LogP contribution in [0.4, 0.5) is 0 Å². The van der Waals surface area contributed by atoms with E-state index in [1.54, 1.807) is 11.1 Å². The lowest BCUT2D eigenvalue weighted by atomic mass is 9.77. The summed E-state index contributed by atoms with van der Waals surface area (Å²) >= 11 is 0. The molecule has 0 unspecified atom stereocenters. The van der Waals surface area contributed by atoms with Gasteiger partial charge in [0.25, 0.3) is 0 Å². The van der Waals surface area contributed by atoms with E-state index in [1.807, 2.05) is 0 Å². The Kier molecular flexibility index (Phi) is 16.0. The summed E-state index contributed by atoms with van der Waals surface area (Å²) in [6.45, 7) is 14.4. The minimum atomic E-state index is 0.756. The summed E-state index contributed by atoms with van der Waals surface area (Å²) in [4.78, 5) is 0. The van der Waals surface area contributed by atoms with Crippen molar-refractivity contribution in [2.24, 2.45) is 0 Å². The molecule has 1 aliphatic rings. The zero-order chi connectivity index (χ0) is 45.1. The summed E-state index contributed by atoms with van der Waals surface area (Å²) in [5.41, 5.74) is 20.9. The molecular weight excluding hydrogens is 785 g/mol. The second-order valence-electron chi connectivity index (χ2n) is 19.6. The minimum Gasteiger partial charge on any atom is -0.493 e. The minimum absolute atomic E-state index is 0.756. The molecule has 0 aromatic heterocycles. The first-order chi connectivity index (χ1) is 31.9. The molecule has 0 saturated heterocycles. The zero-order valence-corrected chi connectivity index (χ0v) is 40.9. The predicted octanol–water partition coefficient (Wildman–Crippen LogP) is 19.7. The number of aryl methyl sites for hydroxylation is 3. The van der Waals surface area contributed by atoms with Crippen molar-refractivity contribution in [2.75, 3.05) is 6.61 Å². The van der Waals surface area contributed by atoms with E-state index < -0.39 is 0 Å². The fraction of sp³-hybridized carbons (Fsp3) is 0.406. The first kappa shape index (κ1) is 46.4. The third kappa shape index (κ3) is 10.5. The Morgan fingerprint density at radius 1 is 0.385 bits per heavy atom. The van der Waals surface area contributed by atoms with Gasteiger partial charge in [-0.3, -0.25) is 0 Å². The van der Waals surface area contributed by atoms with Gasteiger partial charge in [0.1, 0.15) is 5.75 Å². The van der Waals surface area contributed by atoms with E-state index in [1.165, 1.54) is 197 Å². The molecule has 338 valence electrons. The van der Waals surface area contributed by atoms with Crippen LogP contribution in [0.25, 0.3) is 77.2 Å². The third-order valence-corrected chi connectivity index (χ3v) is 14.5. The Hall–Kier alpha value is -5.14. The SMILES string of the molecule is CCCCCCCCCc1c(CCCCCCCC)c(-c2ccc(-c3cc(OCCCCCC)c4cc(C)cc(C)c4c3)cc2)c2c(c1-c1ccc(C)cc1)-c1cccc3cccc-2c13. The lowest BCUT2D eigenvalue weighted by molar-refractivity contribution is 0.308. The highest BCUT2D eigenvalue weighted by molar-refractivity contribution is 6.22. The van der Waals surface area contributed by atoms with E-state index >= 15 is 0 Å². The monoisotopic (exact) mass is 861 g/mol. The van der Waals surface area contributed by atoms with Crippen LogP contribution in [0.2, 0.25) is 0 Å². The van der Waals surface area contributed by atoms with Gasteiger partial charge in [-0.05, 0) is 160 Å². The lowest BCUT2D eigenvalue weighted by Crippen LogP contribution is -2.06. The van der Waals surface area contributed by atoms with Crippen molar-refractivity contribution in [3.8, 4) is 61.4 Å². The number of fused-ring (bicyclic) bond motifs is 4. The van der Waals surface area contributed by atoms with Crippen LogP contribution in [-0.4, -0.2) is 6.61 Å². The molecular formula is C64H76O. The van der Waals surface area contributed by atoms with Crippen LogP contribution in [0.1, 0.15) is 158 Å². The Balaban J connectivity index is 1.30. The number of hydrogen-bond acceptors (Lipinski definition) is 1. The maximum atomic E-state index is 6.66. The maximum absolute atomic E-state index is 6.66. The Labute approximate surface area is 393 Å². The standard InChI is InChI=1S/C64H76O/c1-7-10-13-16-18-20-22-29-53-54(28-21-19-17-14-11-8-2)62(64-56-31-25-27-49-26-24-30-55(60(49)56)63(64)61(53)50-34-32-45(4)33-35-50)51-38-36-48(37-39-51)52-43-57-47(6)41-46(5)42-58(57)59(44-52)65-40-23-15-12-9-3/h24-27,30-39,41-44H,7-23,28-29,40H2,1-6H3. The molecule has 0 heterocycles. The Morgan fingerprint density at radius 3 is 1.43 bits per heavy atom.